The Morgan fingerprint density at radius 3 is 1.96 bits per heavy atom. The van der Waals surface area contributed by atoms with Gasteiger partial charge in [0.15, 0.2) is 0 Å². The Bertz CT molecular complexity index is 790. The Hall–Kier alpha value is -2.32. The molecule has 0 fully saturated rings. The predicted octanol–water partition coefficient (Wildman–Crippen LogP) is 2.27. The number of sulfonamides is 1. The molecule has 1 amide bonds. The molecule has 0 spiro atoms. The fourth-order valence-corrected chi connectivity index (χ4v) is 2.95. The summed E-state index contributed by atoms with van der Waals surface area (Å²) < 4.78 is 52.0. The highest BCUT2D eigenvalue weighted by molar-refractivity contribution is 7.89. The molecule has 1 unspecified atom stereocenters. The van der Waals surface area contributed by atoms with E-state index in [1.165, 1.54) is 31.2 Å². The van der Waals surface area contributed by atoms with Gasteiger partial charge in [-0.15, -0.1) is 0 Å². The third-order valence-electron chi connectivity index (χ3n) is 2.96. The number of benzene rings is 2. The zero-order valence-electron chi connectivity index (χ0n) is 12.1. The third kappa shape index (κ3) is 4.57. The Morgan fingerprint density at radius 1 is 0.957 bits per heavy atom. The van der Waals surface area contributed by atoms with Crippen molar-refractivity contribution in [3.63, 3.8) is 0 Å². The summed E-state index contributed by atoms with van der Waals surface area (Å²) in [7, 11) is -3.96. The molecule has 1 atom stereocenters. The summed E-state index contributed by atoms with van der Waals surface area (Å²) in [6, 6.07) is 8.20. The predicted molar refractivity (Wildman–Crippen MR) is 81.2 cm³/mol. The van der Waals surface area contributed by atoms with E-state index >= 15 is 0 Å². The van der Waals surface area contributed by atoms with E-state index in [4.69, 9.17) is 0 Å². The molecule has 0 saturated carbocycles. The lowest BCUT2D eigenvalue weighted by atomic mass is 10.3. The van der Waals surface area contributed by atoms with E-state index in [2.05, 4.69) is 10.0 Å². The maximum Gasteiger partial charge on any atom is 0.242 e. The van der Waals surface area contributed by atoms with E-state index in [-0.39, 0.29) is 4.90 Å². The van der Waals surface area contributed by atoms with Crippen molar-refractivity contribution in [2.75, 3.05) is 5.32 Å². The molecule has 0 radical (unpaired) electrons. The van der Waals surface area contributed by atoms with Crippen LogP contribution < -0.4 is 10.0 Å². The molecule has 2 rings (SSSR count). The number of amides is 1. The quantitative estimate of drug-likeness (QED) is 0.877. The molecule has 2 N–H and O–H groups in total. The zero-order valence-corrected chi connectivity index (χ0v) is 12.9. The summed E-state index contributed by atoms with van der Waals surface area (Å²) in [6.07, 6.45) is 0. The largest absolute Gasteiger partial charge is 0.325 e. The second-order valence-corrected chi connectivity index (χ2v) is 6.51. The molecule has 0 aliphatic heterocycles. The van der Waals surface area contributed by atoms with Gasteiger partial charge >= 0.3 is 0 Å². The summed E-state index contributed by atoms with van der Waals surface area (Å²) >= 11 is 0. The lowest BCUT2D eigenvalue weighted by molar-refractivity contribution is -0.117. The third-order valence-corrected chi connectivity index (χ3v) is 4.52. The number of carbonyl (C=O) groups is 1. The molecule has 122 valence electrons. The molecule has 2 aromatic carbocycles. The van der Waals surface area contributed by atoms with Gasteiger partial charge in [-0.05, 0) is 55.5 Å². The summed E-state index contributed by atoms with van der Waals surface area (Å²) in [5.74, 6) is -1.62. The Balaban J connectivity index is 2.05. The average molecular weight is 340 g/mol. The van der Waals surface area contributed by atoms with Crippen LogP contribution in [-0.2, 0) is 14.8 Å². The van der Waals surface area contributed by atoms with Crippen LogP contribution in [0, 0.1) is 11.6 Å². The van der Waals surface area contributed by atoms with Crippen LogP contribution in [0.2, 0.25) is 0 Å². The van der Waals surface area contributed by atoms with E-state index in [0.717, 1.165) is 24.3 Å². The van der Waals surface area contributed by atoms with Crippen LogP contribution in [0.3, 0.4) is 0 Å². The molecule has 0 aliphatic rings. The van der Waals surface area contributed by atoms with Crippen LogP contribution in [0.25, 0.3) is 0 Å². The molecule has 8 heteroatoms. The number of hydrogen-bond acceptors (Lipinski definition) is 3. The first-order chi connectivity index (χ1) is 10.8. The van der Waals surface area contributed by atoms with Crippen LogP contribution in [0.1, 0.15) is 6.92 Å². The highest BCUT2D eigenvalue weighted by Crippen LogP contribution is 2.12. The lowest BCUT2D eigenvalue weighted by Crippen LogP contribution is -2.41. The number of carbonyl (C=O) groups excluding carboxylic acids is 1. The van der Waals surface area contributed by atoms with Crippen molar-refractivity contribution in [2.24, 2.45) is 0 Å². The van der Waals surface area contributed by atoms with Gasteiger partial charge in [-0.1, -0.05) is 0 Å². The molecule has 0 saturated heterocycles. The maximum atomic E-state index is 12.8. The normalized spacial score (nSPS) is 12.7. The minimum atomic E-state index is -3.96. The summed E-state index contributed by atoms with van der Waals surface area (Å²) in [6.45, 7) is 1.36. The fourth-order valence-electron chi connectivity index (χ4n) is 1.75. The topological polar surface area (TPSA) is 75.3 Å². The molecule has 0 bridgehead atoms. The number of rotatable bonds is 5. The highest BCUT2D eigenvalue weighted by Gasteiger charge is 2.22. The van der Waals surface area contributed by atoms with Gasteiger partial charge in [0.05, 0.1) is 10.9 Å². The standard InChI is InChI=1S/C15H14F2N2O3S/c1-10(15(20)18-13-6-2-11(16)3-7-13)19-23(21,22)14-8-4-12(17)5-9-14/h2-10,19H,1H3,(H,18,20). The molecular weight excluding hydrogens is 326 g/mol. The second kappa shape index (κ2) is 6.84. The minimum Gasteiger partial charge on any atom is -0.325 e. The van der Waals surface area contributed by atoms with Gasteiger partial charge < -0.3 is 5.32 Å². The van der Waals surface area contributed by atoms with Gasteiger partial charge in [-0.3, -0.25) is 4.79 Å². The first-order valence-corrected chi connectivity index (χ1v) is 8.10. The van der Waals surface area contributed by atoms with Crippen LogP contribution >= 0.6 is 0 Å². The van der Waals surface area contributed by atoms with Gasteiger partial charge in [0.25, 0.3) is 0 Å². The van der Waals surface area contributed by atoms with E-state index in [0.29, 0.717) is 5.69 Å². The van der Waals surface area contributed by atoms with Crippen molar-refractivity contribution in [1.82, 2.24) is 4.72 Å². The first-order valence-electron chi connectivity index (χ1n) is 6.62. The Kier molecular flexibility index (Phi) is 5.07. The van der Waals surface area contributed by atoms with Crippen LogP contribution in [-0.4, -0.2) is 20.4 Å². The lowest BCUT2D eigenvalue weighted by Gasteiger charge is -2.14. The smallest absolute Gasteiger partial charge is 0.242 e. The monoisotopic (exact) mass is 340 g/mol. The van der Waals surface area contributed by atoms with E-state index in [9.17, 15) is 22.0 Å². The molecule has 23 heavy (non-hydrogen) atoms. The van der Waals surface area contributed by atoms with Gasteiger partial charge in [0, 0.05) is 5.69 Å². The van der Waals surface area contributed by atoms with E-state index in [1.807, 2.05) is 0 Å². The summed E-state index contributed by atoms with van der Waals surface area (Å²) in [5, 5.41) is 2.46. The number of hydrogen-bond donors (Lipinski definition) is 2. The van der Waals surface area contributed by atoms with Crippen LogP contribution in [0.4, 0.5) is 14.5 Å². The van der Waals surface area contributed by atoms with Gasteiger partial charge in [-0.25, -0.2) is 17.2 Å². The van der Waals surface area contributed by atoms with Crippen molar-refractivity contribution in [1.29, 1.82) is 0 Å². The van der Waals surface area contributed by atoms with Crippen LogP contribution in [0.15, 0.2) is 53.4 Å². The van der Waals surface area contributed by atoms with E-state index < -0.39 is 33.6 Å². The van der Waals surface area contributed by atoms with Crippen molar-refractivity contribution >= 4 is 21.6 Å². The van der Waals surface area contributed by atoms with Gasteiger partial charge in [0.2, 0.25) is 15.9 Å². The van der Waals surface area contributed by atoms with Gasteiger partial charge in [-0.2, -0.15) is 4.72 Å². The average Bonchev–Trinajstić information content (AvgIpc) is 2.49. The zero-order chi connectivity index (χ0) is 17.0. The molecular formula is C15H14F2N2O3S. The van der Waals surface area contributed by atoms with Crippen molar-refractivity contribution in [3.8, 4) is 0 Å². The number of nitrogens with one attached hydrogen (secondary N) is 2. The molecule has 2 aromatic rings. The summed E-state index contributed by atoms with van der Waals surface area (Å²) in [5.41, 5.74) is 0.337. The van der Waals surface area contributed by atoms with Gasteiger partial charge in [0.1, 0.15) is 11.6 Å². The minimum absolute atomic E-state index is 0.152. The molecule has 0 heterocycles. The number of anilines is 1. The first kappa shape index (κ1) is 17.0. The van der Waals surface area contributed by atoms with Crippen molar-refractivity contribution in [2.45, 2.75) is 17.9 Å². The highest BCUT2D eigenvalue weighted by atomic mass is 32.2. The SMILES string of the molecule is CC(NS(=O)(=O)c1ccc(F)cc1)C(=O)Nc1ccc(F)cc1. The van der Waals surface area contributed by atoms with Crippen molar-refractivity contribution < 1.29 is 22.0 Å². The molecule has 5 nitrogen and oxygen atoms in total. The molecule has 0 aromatic heterocycles. The fraction of sp³-hybridized carbons (Fsp3) is 0.133. The van der Waals surface area contributed by atoms with Crippen molar-refractivity contribution in [3.05, 3.63) is 60.2 Å². The summed E-state index contributed by atoms with van der Waals surface area (Å²) in [4.78, 5) is 11.8. The Labute approximate surface area is 132 Å². The number of halogens is 2. The molecule has 0 aliphatic carbocycles. The second-order valence-electron chi connectivity index (χ2n) is 4.79. The maximum absolute atomic E-state index is 12.8. The van der Waals surface area contributed by atoms with Crippen LogP contribution in [0.5, 0.6) is 0 Å². The van der Waals surface area contributed by atoms with E-state index in [1.54, 1.807) is 0 Å². The Morgan fingerprint density at radius 2 is 1.43 bits per heavy atom.